The van der Waals surface area contributed by atoms with E-state index in [1.54, 1.807) is 12.3 Å². The summed E-state index contributed by atoms with van der Waals surface area (Å²) in [7, 11) is 0. The zero-order chi connectivity index (χ0) is 22.5. The molecule has 2 aromatic carbocycles. The predicted octanol–water partition coefficient (Wildman–Crippen LogP) is 4.30. The van der Waals surface area contributed by atoms with Gasteiger partial charge in [-0.25, -0.2) is 4.98 Å². The van der Waals surface area contributed by atoms with Crippen molar-refractivity contribution in [2.75, 3.05) is 36.4 Å². The quantitative estimate of drug-likeness (QED) is 0.673. The highest BCUT2D eigenvalue weighted by Gasteiger charge is 2.22. The molecule has 4 rings (SSSR count). The van der Waals surface area contributed by atoms with Crippen LogP contribution in [0.4, 0.5) is 11.5 Å². The molecule has 0 bridgehead atoms. The summed E-state index contributed by atoms with van der Waals surface area (Å²) in [5.41, 5.74) is 4.10. The van der Waals surface area contributed by atoms with Crippen molar-refractivity contribution in [3.8, 4) is 0 Å². The average Bonchev–Trinajstić information content (AvgIpc) is 3.06. The first-order valence-corrected chi connectivity index (χ1v) is 11.0. The first-order chi connectivity index (χ1) is 15.5. The number of pyridine rings is 1. The van der Waals surface area contributed by atoms with E-state index in [2.05, 4.69) is 15.2 Å². The molecule has 0 saturated carbocycles. The lowest BCUT2D eigenvalue weighted by Crippen LogP contribution is -2.35. The van der Waals surface area contributed by atoms with E-state index in [4.69, 9.17) is 0 Å². The minimum atomic E-state index is -0.150. The van der Waals surface area contributed by atoms with E-state index in [1.165, 1.54) is 0 Å². The maximum absolute atomic E-state index is 13.0. The summed E-state index contributed by atoms with van der Waals surface area (Å²) in [4.78, 5) is 34.1. The molecular formula is C26H28N4O2. The lowest BCUT2D eigenvalue weighted by molar-refractivity contribution is 0.0766. The molecule has 32 heavy (non-hydrogen) atoms. The standard InChI is InChI=1S/C26H28N4O2/c1-19-7-5-9-21(17-19)25(31)28-22-11-12-24(27-18-22)29-13-6-14-30(16-15-29)26(32)23-10-4-3-8-20(23)2/h3-5,7-12,17-18H,6,13-16H2,1-2H3,(H,28,31). The third-order valence-corrected chi connectivity index (χ3v) is 5.77. The van der Waals surface area contributed by atoms with Gasteiger partial charge in [-0.05, 0) is 56.2 Å². The van der Waals surface area contributed by atoms with Crippen LogP contribution >= 0.6 is 0 Å². The second-order valence-corrected chi connectivity index (χ2v) is 8.18. The highest BCUT2D eigenvalue weighted by Crippen LogP contribution is 2.19. The highest BCUT2D eigenvalue weighted by molar-refractivity contribution is 6.04. The number of amides is 2. The fourth-order valence-electron chi connectivity index (χ4n) is 3.97. The average molecular weight is 429 g/mol. The van der Waals surface area contributed by atoms with Gasteiger partial charge >= 0.3 is 0 Å². The van der Waals surface area contributed by atoms with Crippen molar-refractivity contribution < 1.29 is 9.59 Å². The number of hydrogen-bond acceptors (Lipinski definition) is 4. The fourth-order valence-corrected chi connectivity index (χ4v) is 3.97. The number of aromatic nitrogens is 1. The van der Waals surface area contributed by atoms with Crippen molar-refractivity contribution in [3.63, 3.8) is 0 Å². The summed E-state index contributed by atoms with van der Waals surface area (Å²) < 4.78 is 0. The molecule has 3 aromatic rings. The molecule has 1 N–H and O–H groups in total. The minimum absolute atomic E-state index is 0.0899. The Balaban J connectivity index is 1.38. The maximum Gasteiger partial charge on any atom is 0.255 e. The molecule has 0 unspecified atom stereocenters. The number of carbonyl (C=O) groups is 2. The summed E-state index contributed by atoms with van der Waals surface area (Å²) in [6, 6.07) is 19.0. The molecule has 6 nitrogen and oxygen atoms in total. The second kappa shape index (κ2) is 9.64. The van der Waals surface area contributed by atoms with Gasteiger partial charge in [0.25, 0.3) is 11.8 Å². The van der Waals surface area contributed by atoms with Crippen molar-refractivity contribution >= 4 is 23.3 Å². The Morgan fingerprint density at radius 1 is 0.906 bits per heavy atom. The van der Waals surface area contributed by atoms with Gasteiger partial charge in [0.1, 0.15) is 5.82 Å². The smallest absolute Gasteiger partial charge is 0.255 e. The summed E-state index contributed by atoms with van der Waals surface area (Å²) in [5, 5.41) is 2.90. The van der Waals surface area contributed by atoms with E-state index in [-0.39, 0.29) is 11.8 Å². The van der Waals surface area contributed by atoms with Gasteiger partial charge in [0.2, 0.25) is 0 Å². The van der Waals surface area contributed by atoms with Gasteiger partial charge in [0.05, 0.1) is 11.9 Å². The Labute approximate surface area is 188 Å². The first kappa shape index (κ1) is 21.6. The molecule has 0 radical (unpaired) electrons. The van der Waals surface area contributed by atoms with E-state index in [0.717, 1.165) is 48.6 Å². The molecular weight excluding hydrogens is 400 g/mol. The van der Waals surface area contributed by atoms with Crippen molar-refractivity contribution in [3.05, 3.63) is 89.1 Å². The van der Waals surface area contributed by atoms with Crippen LogP contribution in [-0.2, 0) is 0 Å². The van der Waals surface area contributed by atoms with E-state index >= 15 is 0 Å². The fraction of sp³-hybridized carbons (Fsp3) is 0.269. The van der Waals surface area contributed by atoms with E-state index < -0.39 is 0 Å². The van der Waals surface area contributed by atoms with Crippen LogP contribution in [0.2, 0.25) is 0 Å². The van der Waals surface area contributed by atoms with Crippen molar-refractivity contribution in [2.24, 2.45) is 0 Å². The van der Waals surface area contributed by atoms with Gasteiger partial charge in [0, 0.05) is 37.3 Å². The predicted molar refractivity (Wildman–Crippen MR) is 127 cm³/mol. The van der Waals surface area contributed by atoms with Gasteiger partial charge in [0.15, 0.2) is 0 Å². The van der Waals surface area contributed by atoms with Gasteiger partial charge in [-0.3, -0.25) is 9.59 Å². The largest absolute Gasteiger partial charge is 0.355 e. The van der Waals surface area contributed by atoms with Crippen LogP contribution < -0.4 is 10.2 Å². The number of rotatable bonds is 4. The third kappa shape index (κ3) is 4.97. The molecule has 1 aromatic heterocycles. The van der Waals surface area contributed by atoms with Crippen LogP contribution in [0.5, 0.6) is 0 Å². The van der Waals surface area contributed by atoms with Crippen LogP contribution in [0, 0.1) is 13.8 Å². The van der Waals surface area contributed by atoms with Crippen molar-refractivity contribution in [1.82, 2.24) is 9.88 Å². The van der Waals surface area contributed by atoms with Gasteiger partial charge in [-0.15, -0.1) is 0 Å². The van der Waals surface area contributed by atoms with Crippen LogP contribution in [0.1, 0.15) is 38.3 Å². The first-order valence-electron chi connectivity index (χ1n) is 11.0. The lowest BCUT2D eigenvalue weighted by atomic mass is 10.1. The Morgan fingerprint density at radius 3 is 2.50 bits per heavy atom. The molecule has 0 atom stereocenters. The minimum Gasteiger partial charge on any atom is -0.355 e. The second-order valence-electron chi connectivity index (χ2n) is 8.18. The molecule has 164 valence electrons. The lowest BCUT2D eigenvalue weighted by Gasteiger charge is -2.23. The van der Waals surface area contributed by atoms with Gasteiger partial charge in [-0.1, -0.05) is 35.9 Å². The van der Waals surface area contributed by atoms with Gasteiger partial charge in [-0.2, -0.15) is 0 Å². The number of aryl methyl sites for hydroxylation is 2. The molecule has 1 aliphatic rings. The summed E-state index contributed by atoms with van der Waals surface area (Å²) in [5.74, 6) is 0.791. The molecule has 6 heteroatoms. The van der Waals surface area contributed by atoms with Crippen molar-refractivity contribution in [1.29, 1.82) is 0 Å². The highest BCUT2D eigenvalue weighted by atomic mass is 16.2. The molecule has 1 aliphatic heterocycles. The van der Waals surface area contributed by atoms with Crippen LogP contribution in [0.25, 0.3) is 0 Å². The molecule has 1 fully saturated rings. The normalized spacial score (nSPS) is 14.1. The number of nitrogens with one attached hydrogen (secondary N) is 1. The molecule has 2 heterocycles. The van der Waals surface area contributed by atoms with Gasteiger partial charge < -0.3 is 15.1 Å². The Kier molecular flexibility index (Phi) is 6.50. The number of anilines is 2. The number of nitrogens with zero attached hydrogens (tertiary/aromatic N) is 3. The number of carbonyl (C=O) groups excluding carboxylic acids is 2. The summed E-state index contributed by atoms with van der Waals surface area (Å²) >= 11 is 0. The Bertz CT molecular complexity index is 1110. The Hall–Kier alpha value is -3.67. The molecule has 1 saturated heterocycles. The topological polar surface area (TPSA) is 65.5 Å². The summed E-state index contributed by atoms with van der Waals surface area (Å²) in [6.07, 6.45) is 2.56. The molecule has 0 spiro atoms. The van der Waals surface area contributed by atoms with Crippen LogP contribution in [0.15, 0.2) is 66.9 Å². The molecule has 0 aliphatic carbocycles. The van der Waals surface area contributed by atoms with Crippen molar-refractivity contribution in [2.45, 2.75) is 20.3 Å². The monoisotopic (exact) mass is 428 g/mol. The number of hydrogen-bond donors (Lipinski definition) is 1. The van der Waals surface area contributed by atoms with E-state index in [1.807, 2.05) is 73.3 Å². The third-order valence-electron chi connectivity index (χ3n) is 5.77. The Morgan fingerprint density at radius 2 is 1.75 bits per heavy atom. The maximum atomic E-state index is 13.0. The van der Waals surface area contributed by atoms with E-state index in [0.29, 0.717) is 17.8 Å². The zero-order valence-electron chi connectivity index (χ0n) is 18.5. The SMILES string of the molecule is Cc1cccc(C(=O)Nc2ccc(N3CCCN(C(=O)c4ccccc4C)CC3)nc2)c1. The summed E-state index contributed by atoms with van der Waals surface area (Å²) in [6.45, 7) is 6.87. The molecule has 2 amide bonds. The van der Waals surface area contributed by atoms with Crippen LogP contribution in [0.3, 0.4) is 0 Å². The van der Waals surface area contributed by atoms with E-state index in [9.17, 15) is 9.59 Å². The number of benzene rings is 2. The van der Waals surface area contributed by atoms with Crippen LogP contribution in [-0.4, -0.2) is 47.9 Å². The zero-order valence-corrected chi connectivity index (χ0v) is 18.5.